The Morgan fingerprint density at radius 1 is 0.737 bits per heavy atom. The molecule has 3 aromatic rings. The lowest BCUT2D eigenvalue weighted by Gasteiger charge is -2.07. The first kappa shape index (κ1) is 12.5. The van der Waals surface area contributed by atoms with Crippen molar-refractivity contribution in [1.82, 2.24) is 0 Å². The molecule has 0 nitrogen and oxygen atoms in total. The van der Waals surface area contributed by atoms with Crippen LogP contribution >= 0.6 is 23.2 Å². The molecule has 0 aliphatic carbocycles. The van der Waals surface area contributed by atoms with Crippen LogP contribution in [0.15, 0.2) is 60.7 Å². The van der Waals surface area contributed by atoms with E-state index in [0.29, 0.717) is 10.0 Å². The van der Waals surface area contributed by atoms with Gasteiger partial charge in [-0.3, -0.25) is 0 Å². The smallest absolute Gasteiger partial charge is 0.0595 e. The maximum absolute atomic E-state index is 6.07. The van der Waals surface area contributed by atoms with Gasteiger partial charge in [0, 0.05) is 0 Å². The van der Waals surface area contributed by atoms with Gasteiger partial charge in [0.25, 0.3) is 0 Å². The van der Waals surface area contributed by atoms with Gasteiger partial charge in [-0.2, -0.15) is 0 Å². The second-order valence-electron chi connectivity index (χ2n) is 4.56. The van der Waals surface area contributed by atoms with E-state index in [4.69, 9.17) is 23.2 Å². The largest absolute Gasteiger partial charge is 0.0827 e. The molecule has 0 atom stereocenters. The zero-order chi connectivity index (χ0) is 13.2. The highest BCUT2D eigenvalue weighted by Gasteiger charge is 2.04. The number of halogens is 2. The topological polar surface area (TPSA) is 0 Å². The number of hydrogen-bond acceptors (Lipinski definition) is 0. The summed E-state index contributed by atoms with van der Waals surface area (Å²) in [6.45, 7) is 0. The Bertz CT molecular complexity index is 727. The van der Waals surface area contributed by atoms with E-state index in [1.807, 2.05) is 18.2 Å². The number of hydrogen-bond donors (Lipinski definition) is 0. The molecule has 19 heavy (non-hydrogen) atoms. The van der Waals surface area contributed by atoms with Crippen molar-refractivity contribution in [3.8, 4) is 0 Å². The normalized spacial score (nSPS) is 10.8. The van der Waals surface area contributed by atoms with Crippen molar-refractivity contribution < 1.29 is 0 Å². The fourth-order valence-corrected chi connectivity index (χ4v) is 2.64. The summed E-state index contributed by atoms with van der Waals surface area (Å²) in [6, 6.07) is 20.6. The molecule has 3 aromatic carbocycles. The van der Waals surface area contributed by atoms with Crippen LogP contribution in [-0.4, -0.2) is 0 Å². The molecule has 0 spiro atoms. The molecule has 0 bridgehead atoms. The second kappa shape index (κ2) is 5.24. The summed E-state index contributed by atoms with van der Waals surface area (Å²) in [5.41, 5.74) is 2.47. The number of rotatable bonds is 2. The first-order valence-electron chi connectivity index (χ1n) is 6.14. The van der Waals surface area contributed by atoms with E-state index in [0.717, 1.165) is 6.42 Å². The van der Waals surface area contributed by atoms with Crippen molar-refractivity contribution in [1.29, 1.82) is 0 Å². The summed E-state index contributed by atoms with van der Waals surface area (Å²) in [5, 5.41) is 3.76. The van der Waals surface area contributed by atoms with E-state index < -0.39 is 0 Å². The Kier molecular flexibility index (Phi) is 3.46. The van der Waals surface area contributed by atoms with Gasteiger partial charge in [-0.15, -0.1) is 0 Å². The van der Waals surface area contributed by atoms with Gasteiger partial charge in [0.15, 0.2) is 0 Å². The first-order chi connectivity index (χ1) is 9.24. The zero-order valence-electron chi connectivity index (χ0n) is 10.2. The molecular weight excluding hydrogens is 275 g/mol. The lowest BCUT2D eigenvalue weighted by atomic mass is 9.98. The third kappa shape index (κ3) is 2.60. The SMILES string of the molecule is Clc1ccc(Cc2cccc3ccccc23)cc1Cl. The molecule has 0 aliphatic heterocycles. The minimum absolute atomic E-state index is 0.600. The monoisotopic (exact) mass is 286 g/mol. The third-order valence-corrected chi connectivity index (χ3v) is 4.00. The van der Waals surface area contributed by atoms with Crippen molar-refractivity contribution >= 4 is 34.0 Å². The van der Waals surface area contributed by atoms with Crippen LogP contribution in [0.1, 0.15) is 11.1 Å². The highest BCUT2D eigenvalue weighted by molar-refractivity contribution is 6.42. The maximum Gasteiger partial charge on any atom is 0.0595 e. The summed E-state index contributed by atoms with van der Waals surface area (Å²) < 4.78 is 0. The van der Waals surface area contributed by atoms with Crippen LogP contribution in [0.2, 0.25) is 10.0 Å². The van der Waals surface area contributed by atoms with Crippen molar-refractivity contribution in [3.05, 3.63) is 81.8 Å². The van der Waals surface area contributed by atoms with Gasteiger partial charge < -0.3 is 0 Å². The van der Waals surface area contributed by atoms with Crippen molar-refractivity contribution in [2.45, 2.75) is 6.42 Å². The summed E-state index contributed by atoms with van der Waals surface area (Å²) in [6.07, 6.45) is 0.859. The van der Waals surface area contributed by atoms with Gasteiger partial charge >= 0.3 is 0 Å². The maximum atomic E-state index is 6.07. The molecule has 0 amide bonds. The van der Waals surface area contributed by atoms with Crippen molar-refractivity contribution in [2.75, 3.05) is 0 Å². The molecule has 2 heteroatoms. The molecule has 94 valence electrons. The quantitative estimate of drug-likeness (QED) is 0.564. The predicted molar refractivity (Wildman–Crippen MR) is 83.2 cm³/mol. The van der Waals surface area contributed by atoms with Crippen LogP contribution in [0.3, 0.4) is 0 Å². The van der Waals surface area contributed by atoms with Crippen LogP contribution in [0.25, 0.3) is 10.8 Å². The van der Waals surface area contributed by atoms with E-state index in [9.17, 15) is 0 Å². The molecule has 3 rings (SSSR count). The number of benzene rings is 3. The number of fused-ring (bicyclic) bond motifs is 1. The van der Waals surface area contributed by atoms with Crippen LogP contribution in [-0.2, 0) is 6.42 Å². The van der Waals surface area contributed by atoms with Gasteiger partial charge in [-0.1, -0.05) is 71.7 Å². The minimum Gasteiger partial charge on any atom is -0.0827 e. The van der Waals surface area contributed by atoms with Gasteiger partial charge in [0.05, 0.1) is 10.0 Å². The molecule has 0 aliphatic rings. The van der Waals surface area contributed by atoms with Crippen LogP contribution in [0.4, 0.5) is 0 Å². The molecular formula is C17H12Cl2. The Morgan fingerprint density at radius 3 is 2.37 bits per heavy atom. The minimum atomic E-state index is 0.600. The van der Waals surface area contributed by atoms with E-state index in [1.165, 1.54) is 21.9 Å². The molecule has 0 fully saturated rings. The summed E-state index contributed by atoms with van der Waals surface area (Å²) in [4.78, 5) is 0. The van der Waals surface area contributed by atoms with Gasteiger partial charge in [-0.25, -0.2) is 0 Å². The second-order valence-corrected chi connectivity index (χ2v) is 5.38. The molecule has 0 heterocycles. The van der Waals surface area contributed by atoms with Crippen molar-refractivity contribution in [3.63, 3.8) is 0 Å². The molecule has 0 saturated heterocycles. The highest BCUT2D eigenvalue weighted by Crippen LogP contribution is 2.26. The standard InChI is InChI=1S/C17H12Cl2/c18-16-9-8-12(11-17(16)19)10-14-6-3-5-13-4-1-2-7-15(13)14/h1-9,11H,10H2. The Labute approximate surface area is 122 Å². The molecule has 0 aromatic heterocycles. The summed E-state index contributed by atoms with van der Waals surface area (Å²) >= 11 is 12.0. The zero-order valence-corrected chi connectivity index (χ0v) is 11.7. The average Bonchev–Trinajstić information content (AvgIpc) is 2.43. The van der Waals surface area contributed by atoms with Crippen LogP contribution in [0.5, 0.6) is 0 Å². The Balaban J connectivity index is 2.03. The van der Waals surface area contributed by atoms with Gasteiger partial charge in [0.2, 0.25) is 0 Å². The summed E-state index contributed by atoms with van der Waals surface area (Å²) in [5.74, 6) is 0. The lowest BCUT2D eigenvalue weighted by molar-refractivity contribution is 1.21. The van der Waals surface area contributed by atoms with E-state index in [-0.39, 0.29) is 0 Å². The highest BCUT2D eigenvalue weighted by atomic mass is 35.5. The third-order valence-electron chi connectivity index (χ3n) is 3.26. The van der Waals surface area contributed by atoms with Crippen molar-refractivity contribution in [2.24, 2.45) is 0 Å². The van der Waals surface area contributed by atoms with E-state index in [2.05, 4.69) is 42.5 Å². The van der Waals surface area contributed by atoms with Crippen LogP contribution in [0, 0.1) is 0 Å². The van der Waals surface area contributed by atoms with E-state index >= 15 is 0 Å². The fourth-order valence-electron chi connectivity index (χ4n) is 2.32. The Hall–Kier alpha value is -1.50. The molecule has 0 unspecified atom stereocenters. The average molecular weight is 287 g/mol. The molecule has 0 radical (unpaired) electrons. The van der Waals surface area contributed by atoms with E-state index in [1.54, 1.807) is 0 Å². The first-order valence-corrected chi connectivity index (χ1v) is 6.90. The lowest BCUT2D eigenvalue weighted by Crippen LogP contribution is -1.90. The molecule has 0 N–H and O–H groups in total. The molecule has 0 saturated carbocycles. The predicted octanol–water partition coefficient (Wildman–Crippen LogP) is 5.74. The Morgan fingerprint density at radius 2 is 1.53 bits per heavy atom. The fraction of sp³-hybridized carbons (Fsp3) is 0.0588. The van der Waals surface area contributed by atoms with Gasteiger partial charge in [0.1, 0.15) is 0 Å². The van der Waals surface area contributed by atoms with Crippen LogP contribution < -0.4 is 0 Å². The summed E-state index contributed by atoms with van der Waals surface area (Å²) in [7, 11) is 0. The van der Waals surface area contributed by atoms with Gasteiger partial charge in [-0.05, 0) is 40.5 Å².